The number of hydrogen-bond donors (Lipinski definition) is 1. The molecule has 5 rings (SSSR count). The first kappa shape index (κ1) is 23.4. The maximum atomic E-state index is 13.7. The average Bonchev–Trinajstić information content (AvgIpc) is 3.43. The fourth-order valence-corrected chi connectivity index (χ4v) is 5.01. The van der Waals surface area contributed by atoms with E-state index in [2.05, 4.69) is 24.6 Å². The Hall–Kier alpha value is -3.30. The highest BCUT2D eigenvalue weighted by Crippen LogP contribution is 2.47. The zero-order valence-electron chi connectivity index (χ0n) is 20.2. The Balaban J connectivity index is 1.62. The summed E-state index contributed by atoms with van der Waals surface area (Å²) in [6.45, 7) is 7.99. The molecular weight excluding hydrogens is 463 g/mol. The van der Waals surface area contributed by atoms with E-state index in [0.29, 0.717) is 24.9 Å². The molecular formula is C26H29FN4O3Si. The third kappa shape index (κ3) is 4.92. The Morgan fingerprint density at radius 1 is 1.14 bits per heavy atom. The number of carboxylic acids is 1. The third-order valence-electron chi connectivity index (χ3n) is 6.30. The number of halogens is 1. The maximum absolute atomic E-state index is 13.7. The number of ether oxygens (including phenoxy) is 1. The Labute approximate surface area is 204 Å². The lowest BCUT2D eigenvalue weighted by Gasteiger charge is -2.16. The molecule has 1 aliphatic carbocycles. The summed E-state index contributed by atoms with van der Waals surface area (Å²) in [6.07, 6.45) is 5.28. The number of carbonyl (C=O) groups is 1. The number of nitrogens with zero attached hydrogens (tertiary/aromatic N) is 4. The van der Waals surface area contributed by atoms with Gasteiger partial charge in [-0.3, -0.25) is 4.40 Å². The predicted octanol–water partition coefficient (Wildman–Crippen LogP) is 5.89. The van der Waals surface area contributed by atoms with Gasteiger partial charge in [0, 0.05) is 43.5 Å². The molecule has 35 heavy (non-hydrogen) atoms. The van der Waals surface area contributed by atoms with Crippen LogP contribution in [0.5, 0.6) is 0 Å². The van der Waals surface area contributed by atoms with E-state index in [1.165, 1.54) is 18.3 Å². The summed E-state index contributed by atoms with van der Waals surface area (Å²) in [5.41, 5.74) is 5.04. The fourth-order valence-electron chi connectivity index (χ4n) is 4.26. The Bertz CT molecular complexity index is 1380. The molecule has 1 fully saturated rings. The first-order chi connectivity index (χ1) is 16.7. The second-order valence-electron chi connectivity index (χ2n) is 10.3. The van der Waals surface area contributed by atoms with E-state index >= 15 is 0 Å². The van der Waals surface area contributed by atoms with Crippen LogP contribution in [-0.4, -0.2) is 44.9 Å². The van der Waals surface area contributed by atoms with Gasteiger partial charge in [0.1, 0.15) is 23.9 Å². The number of rotatable bonds is 9. The number of fused-ring (bicyclic) bond motifs is 1. The molecule has 1 aliphatic rings. The highest BCUT2D eigenvalue weighted by Gasteiger charge is 2.33. The molecule has 182 valence electrons. The van der Waals surface area contributed by atoms with Crippen molar-refractivity contribution in [2.24, 2.45) is 0 Å². The van der Waals surface area contributed by atoms with E-state index in [-0.39, 0.29) is 11.5 Å². The SMILES string of the molecule is C[Si](C)(C)CCOCn1nc(-c2ccc(F)cc2)c(-c2ccc3ncc(C(=O)O)n3c2)c1C1CC1. The van der Waals surface area contributed by atoms with Crippen molar-refractivity contribution in [3.8, 4) is 22.4 Å². The van der Waals surface area contributed by atoms with Crippen LogP contribution in [0.15, 0.2) is 48.8 Å². The lowest BCUT2D eigenvalue weighted by atomic mass is 9.98. The molecule has 0 aliphatic heterocycles. The molecule has 0 saturated heterocycles. The number of imidazole rings is 1. The van der Waals surface area contributed by atoms with E-state index in [1.54, 1.807) is 22.7 Å². The Morgan fingerprint density at radius 3 is 2.51 bits per heavy atom. The molecule has 0 spiro atoms. The van der Waals surface area contributed by atoms with E-state index in [1.807, 2.05) is 16.8 Å². The molecule has 0 bridgehead atoms. The topological polar surface area (TPSA) is 81.6 Å². The van der Waals surface area contributed by atoms with Gasteiger partial charge in [-0.1, -0.05) is 19.6 Å². The highest BCUT2D eigenvalue weighted by molar-refractivity contribution is 6.76. The van der Waals surface area contributed by atoms with E-state index in [9.17, 15) is 14.3 Å². The fraction of sp³-hybridized carbons (Fsp3) is 0.346. The number of aromatic nitrogens is 4. The third-order valence-corrected chi connectivity index (χ3v) is 8.00. The van der Waals surface area contributed by atoms with Crippen LogP contribution in [0.4, 0.5) is 4.39 Å². The van der Waals surface area contributed by atoms with Gasteiger partial charge in [0.05, 0.1) is 11.9 Å². The molecule has 4 aromatic rings. The minimum absolute atomic E-state index is 0.0974. The highest BCUT2D eigenvalue weighted by atomic mass is 28.3. The van der Waals surface area contributed by atoms with Crippen LogP contribution in [0.3, 0.4) is 0 Å². The van der Waals surface area contributed by atoms with Gasteiger partial charge in [-0.25, -0.2) is 18.9 Å². The van der Waals surface area contributed by atoms with Crippen LogP contribution in [0.25, 0.3) is 28.0 Å². The van der Waals surface area contributed by atoms with Gasteiger partial charge in [-0.05, 0) is 55.3 Å². The number of benzene rings is 1. The maximum Gasteiger partial charge on any atom is 0.354 e. The summed E-state index contributed by atoms with van der Waals surface area (Å²) in [4.78, 5) is 15.9. The standard InChI is InChI=1S/C26H29FN4O3Si/c1-35(2,3)13-12-34-16-31-25(18-4-5-18)23(24(29-31)17-6-9-20(27)10-7-17)19-8-11-22-28-14-21(26(32)33)30(22)15-19/h6-11,14-15,18H,4-5,12-13,16H2,1-3H3,(H,32,33). The normalized spacial score (nSPS) is 14.1. The van der Waals surface area contributed by atoms with Gasteiger partial charge in [0.25, 0.3) is 0 Å². The van der Waals surface area contributed by atoms with Crippen LogP contribution >= 0.6 is 0 Å². The molecule has 3 aromatic heterocycles. The monoisotopic (exact) mass is 492 g/mol. The molecule has 1 aromatic carbocycles. The molecule has 0 amide bonds. The minimum Gasteiger partial charge on any atom is -0.477 e. The number of carboxylic acid groups (broad SMARTS) is 1. The van der Waals surface area contributed by atoms with E-state index < -0.39 is 14.0 Å². The van der Waals surface area contributed by atoms with Crippen molar-refractivity contribution in [1.29, 1.82) is 0 Å². The second kappa shape index (κ2) is 9.05. The van der Waals surface area contributed by atoms with Crippen molar-refractivity contribution in [2.75, 3.05) is 6.61 Å². The smallest absolute Gasteiger partial charge is 0.354 e. The second-order valence-corrected chi connectivity index (χ2v) is 16.0. The molecule has 7 nitrogen and oxygen atoms in total. The summed E-state index contributed by atoms with van der Waals surface area (Å²) in [5, 5.41) is 14.5. The predicted molar refractivity (Wildman–Crippen MR) is 135 cm³/mol. The zero-order chi connectivity index (χ0) is 24.7. The largest absolute Gasteiger partial charge is 0.477 e. The molecule has 1 N–H and O–H groups in total. The molecule has 3 heterocycles. The summed E-state index contributed by atoms with van der Waals surface area (Å²) in [7, 11) is -1.22. The molecule has 9 heteroatoms. The molecule has 0 unspecified atom stereocenters. The van der Waals surface area contributed by atoms with Crippen molar-refractivity contribution in [3.63, 3.8) is 0 Å². The van der Waals surface area contributed by atoms with Crippen LogP contribution in [0.1, 0.15) is 34.9 Å². The summed E-state index contributed by atoms with van der Waals surface area (Å²) in [5.74, 6) is -0.996. The van der Waals surface area contributed by atoms with Crippen LogP contribution in [0, 0.1) is 5.82 Å². The van der Waals surface area contributed by atoms with Crippen molar-refractivity contribution >= 4 is 19.7 Å². The van der Waals surface area contributed by atoms with Crippen LogP contribution < -0.4 is 0 Å². The average molecular weight is 493 g/mol. The molecule has 0 radical (unpaired) electrons. The van der Waals surface area contributed by atoms with Gasteiger partial charge in [-0.2, -0.15) is 5.10 Å². The van der Waals surface area contributed by atoms with E-state index in [4.69, 9.17) is 9.84 Å². The number of hydrogen-bond acceptors (Lipinski definition) is 4. The van der Waals surface area contributed by atoms with Crippen LogP contribution in [0.2, 0.25) is 25.7 Å². The first-order valence-electron chi connectivity index (χ1n) is 11.9. The minimum atomic E-state index is -1.22. The van der Waals surface area contributed by atoms with Crippen LogP contribution in [-0.2, 0) is 11.5 Å². The molecule has 1 saturated carbocycles. The Morgan fingerprint density at radius 2 is 1.86 bits per heavy atom. The van der Waals surface area contributed by atoms with Crippen molar-refractivity contribution in [2.45, 2.75) is 51.2 Å². The summed E-state index contributed by atoms with van der Waals surface area (Å²) < 4.78 is 23.3. The van der Waals surface area contributed by atoms with Gasteiger partial charge >= 0.3 is 5.97 Å². The number of pyridine rings is 1. The van der Waals surface area contributed by atoms with Crippen molar-refractivity contribution in [3.05, 3.63) is 66.0 Å². The molecule has 0 atom stereocenters. The van der Waals surface area contributed by atoms with Gasteiger partial charge in [0.2, 0.25) is 0 Å². The zero-order valence-corrected chi connectivity index (χ0v) is 21.2. The lowest BCUT2D eigenvalue weighted by Crippen LogP contribution is -2.22. The van der Waals surface area contributed by atoms with E-state index in [0.717, 1.165) is 47.0 Å². The lowest BCUT2D eigenvalue weighted by molar-refractivity contribution is 0.0689. The number of aromatic carboxylic acids is 1. The summed E-state index contributed by atoms with van der Waals surface area (Å²) >= 11 is 0. The van der Waals surface area contributed by atoms with Gasteiger partial charge in [0.15, 0.2) is 5.69 Å². The quantitative estimate of drug-likeness (QED) is 0.233. The van der Waals surface area contributed by atoms with Crippen molar-refractivity contribution in [1.82, 2.24) is 19.2 Å². The van der Waals surface area contributed by atoms with Gasteiger partial charge in [-0.15, -0.1) is 0 Å². The van der Waals surface area contributed by atoms with Gasteiger partial charge < -0.3 is 9.84 Å². The summed E-state index contributed by atoms with van der Waals surface area (Å²) in [6, 6.07) is 11.1. The first-order valence-corrected chi connectivity index (χ1v) is 15.6. The Kier molecular flexibility index (Phi) is 6.06. The van der Waals surface area contributed by atoms with Crippen molar-refractivity contribution < 1.29 is 19.0 Å².